The number of hydrogen-bond donors (Lipinski definition) is 1. The summed E-state index contributed by atoms with van der Waals surface area (Å²) < 4.78 is 6.66. The molecule has 0 bridgehead atoms. The fraction of sp³-hybridized carbons (Fsp3) is 0.462. The van der Waals surface area contributed by atoms with E-state index < -0.39 is 11.4 Å². The van der Waals surface area contributed by atoms with E-state index in [1.807, 2.05) is 32.9 Å². The second-order valence-electron chi connectivity index (χ2n) is 5.33. The fourth-order valence-corrected chi connectivity index (χ4v) is 2.61. The Balaban J connectivity index is 2.50. The lowest BCUT2D eigenvalue weighted by molar-refractivity contribution is -0.257. The Morgan fingerprint density at radius 3 is 2.72 bits per heavy atom. The maximum atomic E-state index is 10.7. The van der Waals surface area contributed by atoms with Crippen LogP contribution in [0.15, 0.2) is 27.7 Å². The van der Waals surface area contributed by atoms with Crippen molar-refractivity contribution in [1.29, 1.82) is 0 Å². The Hall–Kier alpha value is -0.420. The zero-order valence-corrected chi connectivity index (χ0v) is 12.8. The summed E-state index contributed by atoms with van der Waals surface area (Å²) in [6.45, 7) is 5.68. The summed E-state index contributed by atoms with van der Waals surface area (Å²) in [4.78, 5) is 4.24. The molecule has 0 saturated carbocycles. The third kappa shape index (κ3) is 2.94. The molecule has 1 aliphatic rings. The summed E-state index contributed by atoms with van der Waals surface area (Å²) in [5.41, 5.74) is 0.797. The smallest absolute Gasteiger partial charge is 0.201 e. The van der Waals surface area contributed by atoms with Crippen LogP contribution < -0.4 is 0 Å². The van der Waals surface area contributed by atoms with E-state index >= 15 is 0 Å². The van der Waals surface area contributed by atoms with Gasteiger partial charge in [-0.25, -0.2) is 4.99 Å². The minimum Gasteiger partial charge on any atom is -0.361 e. The fourth-order valence-electron chi connectivity index (χ4n) is 1.99. The maximum Gasteiger partial charge on any atom is 0.201 e. The van der Waals surface area contributed by atoms with Crippen LogP contribution in [0.3, 0.4) is 0 Å². The normalized spacial score (nSPS) is 23.6. The Bertz CT molecular complexity index is 510. The Labute approximate surface area is 120 Å². The van der Waals surface area contributed by atoms with E-state index in [-0.39, 0.29) is 6.42 Å². The highest BCUT2D eigenvalue weighted by Crippen LogP contribution is 2.42. The van der Waals surface area contributed by atoms with Gasteiger partial charge in [-0.3, -0.25) is 0 Å². The molecule has 3 nitrogen and oxygen atoms in total. The van der Waals surface area contributed by atoms with Crippen molar-refractivity contribution < 1.29 is 9.84 Å². The van der Waals surface area contributed by atoms with Crippen LogP contribution in [-0.4, -0.2) is 15.9 Å². The van der Waals surface area contributed by atoms with Crippen LogP contribution in [0.4, 0.5) is 5.69 Å². The largest absolute Gasteiger partial charge is 0.361 e. The summed E-state index contributed by atoms with van der Waals surface area (Å²) in [5.74, 6) is -1.42. The molecule has 0 amide bonds. The Morgan fingerprint density at radius 2 is 2.11 bits per heavy atom. The van der Waals surface area contributed by atoms with Gasteiger partial charge in [-0.2, -0.15) is 0 Å². The van der Waals surface area contributed by atoms with Crippen LogP contribution in [0.1, 0.15) is 32.8 Å². The topological polar surface area (TPSA) is 41.8 Å². The number of rotatable bonds is 1. The zero-order valence-electron chi connectivity index (χ0n) is 10.5. The summed E-state index contributed by atoms with van der Waals surface area (Å²) in [6.07, 6.45) is 0.167. The van der Waals surface area contributed by atoms with Crippen molar-refractivity contribution in [3.05, 3.63) is 28.2 Å². The number of aliphatic hydroxyl groups is 1. The van der Waals surface area contributed by atoms with E-state index in [2.05, 4.69) is 20.9 Å². The molecular formula is C13H15BrClNO2. The van der Waals surface area contributed by atoms with Crippen molar-refractivity contribution >= 4 is 38.4 Å². The summed E-state index contributed by atoms with van der Waals surface area (Å²) in [5, 5.41) is 11.1. The first kappa shape index (κ1) is 14.0. The predicted molar refractivity (Wildman–Crippen MR) is 76.4 cm³/mol. The highest BCUT2D eigenvalue weighted by Gasteiger charge is 2.40. The van der Waals surface area contributed by atoms with Gasteiger partial charge in [-0.1, -0.05) is 33.6 Å². The van der Waals surface area contributed by atoms with Crippen LogP contribution in [0.25, 0.3) is 0 Å². The second-order valence-corrected chi connectivity index (χ2v) is 6.68. The second kappa shape index (κ2) is 4.60. The van der Waals surface area contributed by atoms with Gasteiger partial charge in [0, 0.05) is 10.0 Å². The van der Waals surface area contributed by atoms with Gasteiger partial charge in [0.25, 0.3) is 0 Å². The van der Waals surface area contributed by atoms with E-state index in [4.69, 9.17) is 16.3 Å². The first-order chi connectivity index (χ1) is 8.20. The minimum atomic E-state index is -1.42. The molecule has 1 atom stereocenters. The molecule has 0 spiro atoms. The van der Waals surface area contributed by atoms with Crippen molar-refractivity contribution in [1.82, 2.24) is 0 Å². The third-order valence-electron chi connectivity index (χ3n) is 2.48. The molecule has 1 aliphatic heterocycles. The van der Waals surface area contributed by atoms with Gasteiger partial charge in [-0.15, -0.1) is 0 Å². The number of nitrogens with zero attached hydrogens (tertiary/aromatic N) is 1. The SMILES string of the molecule is CC(C)(C)OC1(O)CC(Cl)=Nc2cc(Br)ccc21. The molecule has 0 fully saturated rings. The molecule has 1 aromatic rings. The lowest BCUT2D eigenvalue weighted by Crippen LogP contribution is -2.40. The van der Waals surface area contributed by atoms with Crippen LogP contribution >= 0.6 is 27.5 Å². The van der Waals surface area contributed by atoms with Gasteiger partial charge in [0.1, 0.15) is 5.17 Å². The van der Waals surface area contributed by atoms with Crippen LogP contribution in [0.2, 0.25) is 0 Å². The number of benzene rings is 1. The molecule has 0 aromatic heterocycles. The maximum absolute atomic E-state index is 10.7. The van der Waals surface area contributed by atoms with Gasteiger partial charge in [0.05, 0.1) is 17.7 Å². The molecule has 0 saturated heterocycles. The average molecular weight is 333 g/mol. The molecule has 0 radical (unpaired) electrons. The molecule has 1 heterocycles. The van der Waals surface area contributed by atoms with Crippen molar-refractivity contribution in [2.75, 3.05) is 0 Å². The van der Waals surface area contributed by atoms with Crippen molar-refractivity contribution in [2.24, 2.45) is 4.99 Å². The predicted octanol–water partition coefficient (Wildman–Crippen LogP) is 4.08. The minimum absolute atomic E-state index is 0.167. The Morgan fingerprint density at radius 1 is 1.44 bits per heavy atom. The molecule has 18 heavy (non-hydrogen) atoms. The summed E-state index contributed by atoms with van der Waals surface area (Å²) >= 11 is 9.38. The molecule has 98 valence electrons. The molecule has 1 N–H and O–H groups in total. The van der Waals surface area contributed by atoms with Crippen LogP contribution in [0.5, 0.6) is 0 Å². The van der Waals surface area contributed by atoms with Gasteiger partial charge < -0.3 is 9.84 Å². The lowest BCUT2D eigenvalue weighted by Gasteiger charge is -2.37. The first-order valence-electron chi connectivity index (χ1n) is 5.65. The highest BCUT2D eigenvalue weighted by atomic mass is 79.9. The number of aliphatic imine (C=N–C) groups is 1. The van der Waals surface area contributed by atoms with Gasteiger partial charge >= 0.3 is 0 Å². The zero-order chi connectivity index (χ0) is 13.6. The van der Waals surface area contributed by atoms with E-state index in [9.17, 15) is 5.11 Å². The van der Waals surface area contributed by atoms with Gasteiger partial charge in [0.15, 0.2) is 0 Å². The van der Waals surface area contributed by atoms with Crippen LogP contribution in [-0.2, 0) is 10.5 Å². The van der Waals surface area contributed by atoms with E-state index in [1.165, 1.54) is 0 Å². The van der Waals surface area contributed by atoms with Gasteiger partial charge in [0.2, 0.25) is 5.79 Å². The monoisotopic (exact) mass is 331 g/mol. The lowest BCUT2D eigenvalue weighted by atomic mass is 9.97. The van der Waals surface area contributed by atoms with Crippen molar-refractivity contribution in [3.63, 3.8) is 0 Å². The highest BCUT2D eigenvalue weighted by molar-refractivity contribution is 9.10. The molecule has 0 aliphatic carbocycles. The average Bonchev–Trinajstić information content (AvgIpc) is 2.11. The van der Waals surface area contributed by atoms with Gasteiger partial charge in [-0.05, 0) is 32.9 Å². The third-order valence-corrected chi connectivity index (χ3v) is 3.19. The molecule has 1 aromatic carbocycles. The number of hydrogen-bond acceptors (Lipinski definition) is 3. The quantitative estimate of drug-likeness (QED) is 0.787. The molecule has 5 heteroatoms. The molecule has 2 rings (SSSR count). The van der Waals surface area contributed by atoms with E-state index in [1.54, 1.807) is 6.07 Å². The summed E-state index contributed by atoms with van der Waals surface area (Å²) in [6, 6.07) is 5.47. The Kier molecular flexibility index (Phi) is 3.58. The van der Waals surface area contributed by atoms with E-state index in [0.717, 1.165) is 4.47 Å². The van der Waals surface area contributed by atoms with Crippen molar-refractivity contribution in [3.8, 4) is 0 Å². The van der Waals surface area contributed by atoms with Crippen LogP contribution in [0, 0.1) is 0 Å². The molecule has 1 unspecified atom stereocenters. The number of ether oxygens (including phenoxy) is 1. The number of fused-ring (bicyclic) bond motifs is 1. The number of halogens is 2. The first-order valence-corrected chi connectivity index (χ1v) is 6.82. The standard InChI is InChI=1S/C13H15BrClNO2/c1-12(2,3)18-13(17)7-11(15)16-10-6-8(14)4-5-9(10)13/h4-6,17H,7H2,1-3H3. The molecular weight excluding hydrogens is 318 g/mol. The summed E-state index contributed by atoms with van der Waals surface area (Å²) in [7, 11) is 0. The van der Waals surface area contributed by atoms with Crippen molar-refractivity contribution in [2.45, 2.75) is 38.6 Å². The van der Waals surface area contributed by atoms with E-state index in [0.29, 0.717) is 16.4 Å².